The number of nitrogens with one attached hydrogen (secondary N) is 1. The predicted molar refractivity (Wildman–Crippen MR) is 109 cm³/mol. The van der Waals surface area contributed by atoms with E-state index in [-0.39, 0.29) is 18.3 Å². The largest absolute Gasteiger partial charge is 0.496 e. The van der Waals surface area contributed by atoms with Gasteiger partial charge in [0.25, 0.3) is 5.91 Å². The van der Waals surface area contributed by atoms with Crippen molar-refractivity contribution in [3.05, 3.63) is 58.6 Å². The predicted octanol–water partition coefficient (Wildman–Crippen LogP) is 3.77. The summed E-state index contributed by atoms with van der Waals surface area (Å²) >= 11 is 5.97. The molecule has 148 valence electrons. The zero-order valence-corrected chi connectivity index (χ0v) is 16.7. The van der Waals surface area contributed by atoms with Crippen molar-refractivity contribution in [3.63, 3.8) is 0 Å². The van der Waals surface area contributed by atoms with E-state index in [0.717, 1.165) is 5.56 Å². The SMILES string of the molecule is CCNC(=O)COc1ccc(/C=C/C(=O)c2cc(Cl)ccc2OC)cc1OC. The van der Waals surface area contributed by atoms with E-state index in [1.165, 1.54) is 20.3 Å². The van der Waals surface area contributed by atoms with E-state index in [1.807, 2.05) is 6.92 Å². The van der Waals surface area contributed by atoms with Gasteiger partial charge in [0, 0.05) is 11.6 Å². The smallest absolute Gasteiger partial charge is 0.257 e. The summed E-state index contributed by atoms with van der Waals surface area (Å²) in [5.74, 6) is 0.892. The molecule has 2 aromatic rings. The van der Waals surface area contributed by atoms with Gasteiger partial charge in [0.15, 0.2) is 23.9 Å². The van der Waals surface area contributed by atoms with Gasteiger partial charge in [-0.1, -0.05) is 23.7 Å². The molecule has 0 heterocycles. The number of carbonyl (C=O) groups is 2. The van der Waals surface area contributed by atoms with Crippen molar-refractivity contribution in [2.45, 2.75) is 6.92 Å². The molecule has 2 rings (SSSR count). The number of allylic oxidation sites excluding steroid dienone is 1. The third-order valence-corrected chi connectivity index (χ3v) is 4.01. The number of halogens is 1. The van der Waals surface area contributed by atoms with Crippen LogP contribution in [-0.4, -0.2) is 39.1 Å². The molecule has 6 nitrogen and oxygen atoms in total. The highest BCUT2D eigenvalue weighted by Gasteiger charge is 2.11. The van der Waals surface area contributed by atoms with Crippen LogP contribution in [0, 0.1) is 0 Å². The van der Waals surface area contributed by atoms with Crippen LogP contribution in [0.15, 0.2) is 42.5 Å². The van der Waals surface area contributed by atoms with Crippen LogP contribution in [-0.2, 0) is 4.79 Å². The summed E-state index contributed by atoms with van der Waals surface area (Å²) in [6.07, 6.45) is 3.08. The molecule has 1 N–H and O–H groups in total. The molecule has 0 saturated heterocycles. The molecule has 0 atom stereocenters. The molecular weight excluding hydrogens is 382 g/mol. The number of hydrogen-bond acceptors (Lipinski definition) is 5. The van der Waals surface area contributed by atoms with Gasteiger partial charge in [-0.15, -0.1) is 0 Å². The first-order chi connectivity index (χ1) is 13.5. The van der Waals surface area contributed by atoms with Gasteiger partial charge >= 0.3 is 0 Å². The van der Waals surface area contributed by atoms with Gasteiger partial charge in [-0.25, -0.2) is 0 Å². The molecule has 7 heteroatoms. The zero-order chi connectivity index (χ0) is 20.5. The Kier molecular flexibility index (Phi) is 7.89. The van der Waals surface area contributed by atoms with Gasteiger partial charge in [0.1, 0.15) is 5.75 Å². The Hall–Kier alpha value is -2.99. The lowest BCUT2D eigenvalue weighted by atomic mass is 10.1. The lowest BCUT2D eigenvalue weighted by molar-refractivity contribution is -0.123. The van der Waals surface area contributed by atoms with Crippen LogP contribution in [0.5, 0.6) is 17.2 Å². The third-order valence-electron chi connectivity index (χ3n) is 3.77. The molecule has 0 aliphatic carbocycles. The molecule has 0 spiro atoms. The maximum atomic E-state index is 12.5. The number of rotatable bonds is 9. The van der Waals surface area contributed by atoms with Crippen LogP contribution in [0.25, 0.3) is 6.08 Å². The molecule has 0 aliphatic heterocycles. The van der Waals surface area contributed by atoms with E-state index in [0.29, 0.717) is 34.4 Å². The van der Waals surface area contributed by atoms with Crippen molar-refractivity contribution in [2.75, 3.05) is 27.4 Å². The lowest BCUT2D eigenvalue weighted by Crippen LogP contribution is -2.28. The van der Waals surface area contributed by atoms with Gasteiger partial charge in [0.05, 0.1) is 19.8 Å². The molecule has 28 heavy (non-hydrogen) atoms. The van der Waals surface area contributed by atoms with Gasteiger partial charge in [-0.05, 0) is 48.9 Å². The molecule has 0 unspecified atom stereocenters. The van der Waals surface area contributed by atoms with Gasteiger partial charge in [0.2, 0.25) is 0 Å². The van der Waals surface area contributed by atoms with Gasteiger partial charge in [-0.3, -0.25) is 9.59 Å². The Labute approximate surface area is 169 Å². The highest BCUT2D eigenvalue weighted by Crippen LogP contribution is 2.29. The van der Waals surface area contributed by atoms with Crippen LogP contribution < -0.4 is 19.5 Å². The van der Waals surface area contributed by atoms with Gasteiger partial charge in [-0.2, -0.15) is 0 Å². The molecule has 0 fully saturated rings. The number of benzene rings is 2. The Morgan fingerprint density at radius 3 is 2.43 bits per heavy atom. The number of likely N-dealkylation sites (N-methyl/N-ethyl adjacent to an activating group) is 1. The quantitative estimate of drug-likeness (QED) is 0.509. The van der Waals surface area contributed by atoms with E-state index in [2.05, 4.69) is 5.32 Å². The molecule has 0 bridgehead atoms. The van der Waals surface area contributed by atoms with E-state index < -0.39 is 0 Å². The number of amides is 1. The number of carbonyl (C=O) groups excluding carboxylic acids is 2. The molecule has 2 aromatic carbocycles. The van der Waals surface area contributed by atoms with E-state index in [4.69, 9.17) is 25.8 Å². The minimum atomic E-state index is -0.241. The first kappa shape index (κ1) is 21.3. The summed E-state index contributed by atoms with van der Waals surface area (Å²) in [5.41, 5.74) is 1.11. The van der Waals surface area contributed by atoms with Crippen molar-refractivity contribution >= 4 is 29.4 Å². The van der Waals surface area contributed by atoms with Crippen LogP contribution in [0.4, 0.5) is 0 Å². The second-order valence-corrected chi connectivity index (χ2v) is 6.13. The number of ether oxygens (including phenoxy) is 3. The summed E-state index contributed by atoms with van der Waals surface area (Å²) in [4.78, 5) is 24.0. The fraction of sp³-hybridized carbons (Fsp3) is 0.238. The summed E-state index contributed by atoms with van der Waals surface area (Å²) in [6, 6.07) is 10.0. The second-order valence-electron chi connectivity index (χ2n) is 5.69. The maximum Gasteiger partial charge on any atom is 0.257 e. The molecule has 0 aliphatic rings. The highest BCUT2D eigenvalue weighted by atomic mass is 35.5. The fourth-order valence-electron chi connectivity index (χ4n) is 2.43. The maximum absolute atomic E-state index is 12.5. The topological polar surface area (TPSA) is 73.9 Å². The normalized spacial score (nSPS) is 10.6. The van der Waals surface area contributed by atoms with Crippen molar-refractivity contribution in [1.29, 1.82) is 0 Å². The van der Waals surface area contributed by atoms with E-state index in [9.17, 15) is 9.59 Å². The fourth-order valence-corrected chi connectivity index (χ4v) is 2.61. The minimum absolute atomic E-state index is 0.105. The second kappa shape index (κ2) is 10.4. The Balaban J connectivity index is 2.14. The molecular formula is C21H22ClNO5. The number of hydrogen-bond donors (Lipinski definition) is 1. The first-order valence-corrected chi connectivity index (χ1v) is 8.99. The van der Waals surface area contributed by atoms with Crippen molar-refractivity contribution in [2.24, 2.45) is 0 Å². The van der Waals surface area contributed by atoms with E-state index >= 15 is 0 Å². The summed E-state index contributed by atoms with van der Waals surface area (Å²) in [7, 11) is 3.00. The summed E-state index contributed by atoms with van der Waals surface area (Å²) in [5, 5.41) is 3.10. The molecule has 0 saturated carbocycles. The third kappa shape index (κ3) is 5.76. The van der Waals surface area contributed by atoms with Crippen LogP contribution >= 0.6 is 11.6 Å². The monoisotopic (exact) mass is 403 g/mol. The Morgan fingerprint density at radius 1 is 1.04 bits per heavy atom. The molecule has 0 radical (unpaired) electrons. The van der Waals surface area contributed by atoms with Crippen molar-refractivity contribution in [3.8, 4) is 17.2 Å². The average molecular weight is 404 g/mol. The van der Waals surface area contributed by atoms with Crippen LogP contribution in [0.2, 0.25) is 5.02 Å². The van der Waals surface area contributed by atoms with Crippen molar-refractivity contribution in [1.82, 2.24) is 5.32 Å². The lowest BCUT2D eigenvalue weighted by Gasteiger charge is -2.11. The zero-order valence-electron chi connectivity index (χ0n) is 16.0. The molecule has 0 aromatic heterocycles. The van der Waals surface area contributed by atoms with Crippen LogP contribution in [0.1, 0.15) is 22.8 Å². The summed E-state index contributed by atoms with van der Waals surface area (Å²) < 4.78 is 16.0. The highest BCUT2D eigenvalue weighted by molar-refractivity contribution is 6.31. The minimum Gasteiger partial charge on any atom is -0.496 e. The number of methoxy groups -OCH3 is 2. The van der Waals surface area contributed by atoms with Crippen molar-refractivity contribution < 1.29 is 23.8 Å². The number of ketones is 1. The first-order valence-electron chi connectivity index (χ1n) is 8.62. The standard InChI is InChI=1S/C21H22ClNO5/c1-4-23-21(25)13-28-19-9-6-14(11-20(19)27-3)5-8-17(24)16-12-15(22)7-10-18(16)26-2/h5-12H,4,13H2,1-3H3,(H,23,25)/b8-5+. The molecule has 1 amide bonds. The Morgan fingerprint density at radius 2 is 1.75 bits per heavy atom. The van der Waals surface area contributed by atoms with Gasteiger partial charge < -0.3 is 19.5 Å². The van der Waals surface area contributed by atoms with Crippen LogP contribution in [0.3, 0.4) is 0 Å². The summed E-state index contributed by atoms with van der Waals surface area (Å²) in [6.45, 7) is 2.26. The average Bonchev–Trinajstić information content (AvgIpc) is 2.70. The van der Waals surface area contributed by atoms with E-state index in [1.54, 1.807) is 42.5 Å². The Bertz CT molecular complexity index is 879.